The highest BCUT2D eigenvalue weighted by Gasteiger charge is 2.25. The number of nitrogens with two attached hydrogens (primary N) is 1. The molecule has 1 aromatic heterocycles. The lowest BCUT2D eigenvalue weighted by molar-refractivity contribution is 0.337. The first-order chi connectivity index (χ1) is 8.16. The molecule has 0 bridgehead atoms. The number of rotatable bonds is 6. The second-order valence-electron chi connectivity index (χ2n) is 4.43. The number of nitrogens with zero attached hydrogens (tertiary/aromatic N) is 2. The molecule has 1 aromatic rings. The molecule has 17 heavy (non-hydrogen) atoms. The predicted octanol–water partition coefficient (Wildman–Crippen LogP) is 1.22. The minimum absolute atomic E-state index is 0.337. The van der Waals surface area contributed by atoms with Crippen molar-refractivity contribution in [3.63, 3.8) is 0 Å². The maximum atomic E-state index is 5.54. The third-order valence-corrected chi connectivity index (χ3v) is 3.19. The van der Waals surface area contributed by atoms with E-state index in [1.165, 1.54) is 12.8 Å². The summed E-state index contributed by atoms with van der Waals surface area (Å²) < 4.78 is 0. The van der Waals surface area contributed by atoms with Gasteiger partial charge in [-0.15, -0.1) is 0 Å². The van der Waals surface area contributed by atoms with E-state index in [1.807, 2.05) is 12.1 Å². The van der Waals surface area contributed by atoms with Crippen molar-refractivity contribution in [3.8, 4) is 0 Å². The van der Waals surface area contributed by atoms with Gasteiger partial charge in [-0.3, -0.25) is 4.98 Å². The molecule has 0 unspecified atom stereocenters. The second kappa shape index (κ2) is 5.42. The van der Waals surface area contributed by atoms with Gasteiger partial charge < -0.3 is 16.0 Å². The Bertz CT molecular complexity index is 403. The Hall–Kier alpha value is -1.20. The Labute approximate surface area is 107 Å². The first-order valence-corrected chi connectivity index (χ1v) is 6.27. The summed E-state index contributed by atoms with van der Waals surface area (Å²) in [7, 11) is 2.17. The number of hydrogen-bond acceptors (Lipinski definition) is 4. The van der Waals surface area contributed by atoms with Crippen molar-refractivity contribution in [2.75, 3.05) is 25.5 Å². The van der Waals surface area contributed by atoms with Gasteiger partial charge in [0.1, 0.15) is 4.99 Å². The summed E-state index contributed by atoms with van der Waals surface area (Å²) in [5, 5.41) is 3.36. The van der Waals surface area contributed by atoms with E-state index in [0.717, 1.165) is 24.8 Å². The van der Waals surface area contributed by atoms with Crippen LogP contribution in [0, 0.1) is 0 Å². The Morgan fingerprint density at radius 2 is 2.41 bits per heavy atom. The van der Waals surface area contributed by atoms with Crippen LogP contribution >= 0.6 is 12.2 Å². The van der Waals surface area contributed by atoms with Gasteiger partial charge in [-0.05, 0) is 32.0 Å². The molecular formula is C12H18N4S. The van der Waals surface area contributed by atoms with E-state index in [-0.39, 0.29) is 0 Å². The normalized spacial score (nSPS) is 14.9. The van der Waals surface area contributed by atoms with Crippen LogP contribution in [-0.2, 0) is 0 Å². The van der Waals surface area contributed by atoms with Crippen LogP contribution in [-0.4, -0.2) is 41.1 Å². The lowest BCUT2D eigenvalue weighted by Gasteiger charge is -2.16. The smallest absolute Gasteiger partial charge is 0.122 e. The molecule has 0 spiro atoms. The zero-order valence-electron chi connectivity index (χ0n) is 10.0. The Morgan fingerprint density at radius 1 is 1.65 bits per heavy atom. The monoisotopic (exact) mass is 250 g/mol. The van der Waals surface area contributed by atoms with E-state index >= 15 is 0 Å². The fourth-order valence-electron chi connectivity index (χ4n) is 1.75. The standard InChI is InChI=1S/C12H18N4S/c1-16(10-2-3-10)7-6-14-9-4-5-15-11(8-9)12(13)17/h4-5,8,10H,2-3,6-7H2,1H3,(H2,13,17)(H,14,15). The number of thiocarbonyl (C=S) groups is 1. The van der Waals surface area contributed by atoms with Gasteiger partial charge >= 0.3 is 0 Å². The lowest BCUT2D eigenvalue weighted by Crippen LogP contribution is -2.27. The van der Waals surface area contributed by atoms with Crippen molar-refractivity contribution < 1.29 is 0 Å². The van der Waals surface area contributed by atoms with E-state index in [2.05, 4.69) is 22.2 Å². The van der Waals surface area contributed by atoms with Crippen LogP contribution in [0.5, 0.6) is 0 Å². The van der Waals surface area contributed by atoms with Crippen molar-refractivity contribution >= 4 is 22.9 Å². The van der Waals surface area contributed by atoms with Crippen molar-refractivity contribution in [2.24, 2.45) is 5.73 Å². The molecule has 92 valence electrons. The molecule has 0 saturated heterocycles. The summed E-state index contributed by atoms with van der Waals surface area (Å²) >= 11 is 4.90. The molecule has 0 aliphatic heterocycles. The minimum Gasteiger partial charge on any atom is -0.388 e. The summed E-state index contributed by atoms with van der Waals surface area (Å²) in [5.41, 5.74) is 7.23. The lowest BCUT2D eigenvalue weighted by atomic mass is 10.3. The first-order valence-electron chi connectivity index (χ1n) is 5.87. The van der Waals surface area contributed by atoms with Gasteiger partial charge in [-0.25, -0.2) is 0 Å². The molecule has 0 atom stereocenters. The van der Waals surface area contributed by atoms with Crippen LogP contribution in [0.15, 0.2) is 18.3 Å². The summed E-state index contributed by atoms with van der Waals surface area (Å²) in [6.45, 7) is 1.98. The summed E-state index contributed by atoms with van der Waals surface area (Å²) in [6, 6.07) is 4.62. The third-order valence-electron chi connectivity index (χ3n) is 2.98. The second-order valence-corrected chi connectivity index (χ2v) is 4.87. The molecule has 0 aromatic carbocycles. The fourth-order valence-corrected chi connectivity index (χ4v) is 1.86. The van der Waals surface area contributed by atoms with E-state index in [1.54, 1.807) is 6.20 Å². The number of pyridine rings is 1. The summed E-state index contributed by atoms with van der Waals surface area (Å²) in [4.78, 5) is 6.83. The van der Waals surface area contributed by atoms with E-state index in [4.69, 9.17) is 18.0 Å². The van der Waals surface area contributed by atoms with E-state index in [9.17, 15) is 0 Å². The van der Waals surface area contributed by atoms with Crippen molar-refractivity contribution in [3.05, 3.63) is 24.0 Å². The molecule has 1 aliphatic rings. The molecule has 3 N–H and O–H groups in total. The summed E-state index contributed by atoms with van der Waals surface area (Å²) in [5.74, 6) is 0. The maximum Gasteiger partial charge on any atom is 0.122 e. The average molecular weight is 250 g/mol. The summed E-state index contributed by atoms with van der Waals surface area (Å²) in [6.07, 6.45) is 4.41. The van der Waals surface area contributed by atoms with Crippen LogP contribution in [0.25, 0.3) is 0 Å². The van der Waals surface area contributed by atoms with Gasteiger partial charge in [0.25, 0.3) is 0 Å². The van der Waals surface area contributed by atoms with Crippen LogP contribution in [0.3, 0.4) is 0 Å². The molecule has 1 saturated carbocycles. The maximum absolute atomic E-state index is 5.54. The Morgan fingerprint density at radius 3 is 3.06 bits per heavy atom. The van der Waals surface area contributed by atoms with Crippen molar-refractivity contribution in [1.82, 2.24) is 9.88 Å². The first kappa shape index (κ1) is 12.3. The average Bonchev–Trinajstić information content (AvgIpc) is 3.13. The molecular weight excluding hydrogens is 232 g/mol. The molecule has 4 nitrogen and oxygen atoms in total. The molecule has 0 amide bonds. The SMILES string of the molecule is CN(CCNc1ccnc(C(N)=S)c1)C1CC1. The van der Waals surface area contributed by atoms with Gasteiger partial charge in [0, 0.05) is 31.0 Å². The number of nitrogens with one attached hydrogen (secondary N) is 1. The third kappa shape index (κ3) is 3.64. The fraction of sp³-hybridized carbons (Fsp3) is 0.500. The van der Waals surface area contributed by atoms with Gasteiger partial charge in [0.15, 0.2) is 0 Å². The highest BCUT2D eigenvalue weighted by Crippen LogP contribution is 2.24. The van der Waals surface area contributed by atoms with Gasteiger partial charge in [-0.2, -0.15) is 0 Å². The number of hydrogen-bond donors (Lipinski definition) is 2. The molecule has 5 heteroatoms. The number of anilines is 1. The van der Waals surface area contributed by atoms with Gasteiger partial charge in [0.05, 0.1) is 5.69 Å². The largest absolute Gasteiger partial charge is 0.388 e. The molecule has 1 fully saturated rings. The van der Waals surface area contributed by atoms with Crippen LogP contribution in [0.1, 0.15) is 18.5 Å². The molecule has 1 aliphatic carbocycles. The van der Waals surface area contributed by atoms with Crippen LogP contribution < -0.4 is 11.1 Å². The number of aromatic nitrogens is 1. The van der Waals surface area contributed by atoms with Crippen molar-refractivity contribution in [1.29, 1.82) is 0 Å². The topological polar surface area (TPSA) is 54.2 Å². The van der Waals surface area contributed by atoms with E-state index in [0.29, 0.717) is 10.7 Å². The van der Waals surface area contributed by atoms with Crippen LogP contribution in [0.4, 0.5) is 5.69 Å². The zero-order valence-corrected chi connectivity index (χ0v) is 10.8. The van der Waals surface area contributed by atoms with Gasteiger partial charge in [-0.1, -0.05) is 12.2 Å². The molecule has 1 heterocycles. The quantitative estimate of drug-likeness (QED) is 0.744. The highest BCUT2D eigenvalue weighted by molar-refractivity contribution is 7.80. The van der Waals surface area contributed by atoms with Crippen molar-refractivity contribution in [2.45, 2.75) is 18.9 Å². The van der Waals surface area contributed by atoms with E-state index < -0.39 is 0 Å². The molecule has 2 rings (SSSR count). The predicted molar refractivity (Wildman–Crippen MR) is 74.3 cm³/mol. The molecule has 0 radical (unpaired) electrons. The Kier molecular flexibility index (Phi) is 3.91. The van der Waals surface area contributed by atoms with Crippen LogP contribution in [0.2, 0.25) is 0 Å². The number of likely N-dealkylation sites (N-methyl/N-ethyl adjacent to an activating group) is 1. The zero-order chi connectivity index (χ0) is 12.3. The Balaban J connectivity index is 1.81. The van der Waals surface area contributed by atoms with Gasteiger partial charge in [0.2, 0.25) is 0 Å². The highest BCUT2D eigenvalue weighted by atomic mass is 32.1. The minimum atomic E-state index is 0.337.